The molecular weight excluding hydrogens is 248 g/mol. The average molecular weight is 268 g/mol. The van der Waals surface area contributed by atoms with Gasteiger partial charge in [0, 0.05) is 5.56 Å². The van der Waals surface area contributed by atoms with Crippen LogP contribution < -0.4 is 9.47 Å². The molecule has 0 N–H and O–H groups in total. The molecule has 104 valence electrons. The lowest BCUT2D eigenvalue weighted by Crippen LogP contribution is -2.08. The zero-order valence-corrected chi connectivity index (χ0v) is 12.0. The summed E-state index contributed by atoms with van der Waals surface area (Å²) in [6.45, 7) is 5.05. The van der Waals surface area contributed by atoms with Crippen molar-refractivity contribution in [1.29, 1.82) is 0 Å². The predicted octanol–water partition coefficient (Wildman–Crippen LogP) is 4.71. The largest absolute Gasteiger partial charge is 0.489 e. The summed E-state index contributed by atoms with van der Waals surface area (Å²) in [6.07, 6.45) is 1.16. The van der Waals surface area contributed by atoms with E-state index in [1.165, 1.54) is 5.56 Å². The SMILES string of the molecule is CCC(C)c1ccc(OC2COc3ccccc32)cc1. The number of benzene rings is 2. The average Bonchev–Trinajstić information content (AvgIpc) is 2.91. The molecule has 0 saturated carbocycles. The van der Waals surface area contributed by atoms with Crippen LogP contribution in [0, 0.1) is 0 Å². The first-order chi connectivity index (χ1) is 9.78. The summed E-state index contributed by atoms with van der Waals surface area (Å²) in [7, 11) is 0. The van der Waals surface area contributed by atoms with Gasteiger partial charge in [-0.3, -0.25) is 0 Å². The van der Waals surface area contributed by atoms with Crippen molar-refractivity contribution in [2.45, 2.75) is 32.3 Å². The molecule has 0 spiro atoms. The molecule has 3 rings (SSSR count). The molecule has 0 radical (unpaired) electrons. The van der Waals surface area contributed by atoms with Gasteiger partial charge in [0.15, 0.2) is 6.10 Å². The molecule has 2 heteroatoms. The van der Waals surface area contributed by atoms with Crippen LogP contribution in [0.5, 0.6) is 11.5 Å². The molecule has 1 aliphatic rings. The molecule has 1 aliphatic heterocycles. The van der Waals surface area contributed by atoms with Crippen molar-refractivity contribution in [3.63, 3.8) is 0 Å². The highest BCUT2D eigenvalue weighted by Gasteiger charge is 2.25. The van der Waals surface area contributed by atoms with Gasteiger partial charge in [0.2, 0.25) is 0 Å². The molecule has 1 heterocycles. The molecule has 0 aromatic heterocycles. The maximum absolute atomic E-state index is 6.05. The van der Waals surface area contributed by atoms with E-state index in [1.54, 1.807) is 0 Å². The summed E-state index contributed by atoms with van der Waals surface area (Å²) in [6, 6.07) is 16.5. The molecule has 2 aromatic rings. The lowest BCUT2D eigenvalue weighted by atomic mass is 9.99. The Kier molecular flexibility index (Phi) is 3.64. The standard InChI is InChI=1S/C18H20O2/c1-3-13(2)14-8-10-15(11-9-14)20-18-12-19-17-7-5-4-6-16(17)18/h4-11,13,18H,3,12H2,1-2H3. The second kappa shape index (κ2) is 5.58. The van der Waals surface area contributed by atoms with Crippen LogP contribution in [0.2, 0.25) is 0 Å². The van der Waals surface area contributed by atoms with Crippen LogP contribution in [0.15, 0.2) is 48.5 Å². The zero-order valence-electron chi connectivity index (χ0n) is 12.0. The van der Waals surface area contributed by atoms with Gasteiger partial charge < -0.3 is 9.47 Å². The first-order valence-corrected chi connectivity index (χ1v) is 7.26. The number of fused-ring (bicyclic) bond motifs is 1. The fourth-order valence-corrected chi connectivity index (χ4v) is 2.51. The van der Waals surface area contributed by atoms with E-state index >= 15 is 0 Å². The molecule has 0 amide bonds. The van der Waals surface area contributed by atoms with E-state index in [-0.39, 0.29) is 6.10 Å². The Labute approximate surface area is 120 Å². The van der Waals surface area contributed by atoms with Crippen LogP contribution in [0.25, 0.3) is 0 Å². The van der Waals surface area contributed by atoms with E-state index in [4.69, 9.17) is 9.47 Å². The highest BCUT2D eigenvalue weighted by Crippen LogP contribution is 2.35. The Morgan fingerprint density at radius 1 is 1.15 bits per heavy atom. The van der Waals surface area contributed by atoms with E-state index in [1.807, 2.05) is 18.2 Å². The molecule has 20 heavy (non-hydrogen) atoms. The van der Waals surface area contributed by atoms with E-state index in [0.717, 1.165) is 23.5 Å². The van der Waals surface area contributed by atoms with Crippen molar-refractivity contribution in [3.8, 4) is 11.5 Å². The van der Waals surface area contributed by atoms with Gasteiger partial charge in [-0.1, -0.05) is 44.2 Å². The van der Waals surface area contributed by atoms with Gasteiger partial charge in [-0.15, -0.1) is 0 Å². The lowest BCUT2D eigenvalue weighted by molar-refractivity contribution is 0.163. The monoisotopic (exact) mass is 268 g/mol. The van der Waals surface area contributed by atoms with Gasteiger partial charge >= 0.3 is 0 Å². The zero-order chi connectivity index (χ0) is 13.9. The van der Waals surface area contributed by atoms with E-state index < -0.39 is 0 Å². The molecule has 2 atom stereocenters. The molecule has 0 bridgehead atoms. The third kappa shape index (κ3) is 2.51. The molecule has 2 nitrogen and oxygen atoms in total. The van der Waals surface area contributed by atoms with Crippen LogP contribution in [-0.4, -0.2) is 6.61 Å². The van der Waals surface area contributed by atoms with Crippen LogP contribution in [-0.2, 0) is 0 Å². The number of ether oxygens (including phenoxy) is 2. The number of rotatable bonds is 4. The normalized spacial score (nSPS) is 18.2. The van der Waals surface area contributed by atoms with Crippen molar-refractivity contribution in [2.75, 3.05) is 6.61 Å². The van der Waals surface area contributed by atoms with E-state index in [0.29, 0.717) is 12.5 Å². The van der Waals surface area contributed by atoms with E-state index in [9.17, 15) is 0 Å². The maximum Gasteiger partial charge on any atom is 0.161 e. The van der Waals surface area contributed by atoms with Crippen LogP contribution >= 0.6 is 0 Å². The Bertz CT molecular complexity index is 574. The molecular formula is C18H20O2. The Hall–Kier alpha value is -1.96. The third-order valence-corrected chi connectivity index (χ3v) is 4.00. The first kappa shape index (κ1) is 13.0. The summed E-state index contributed by atoms with van der Waals surface area (Å²) < 4.78 is 11.7. The van der Waals surface area contributed by atoms with Gasteiger partial charge in [0.25, 0.3) is 0 Å². The lowest BCUT2D eigenvalue weighted by Gasteiger charge is -2.14. The van der Waals surface area contributed by atoms with Crippen molar-refractivity contribution in [3.05, 3.63) is 59.7 Å². The Balaban J connectivity index is 1.73. The number of hydrogen-bond acceptors (Lipinski definition) is 2. The predicted molar refractivity (Wildman–Crippen MR) is 80.5 cm³/mol. The van der Waals surface area contributed by atoms with Crippen molar-refractivity contribution >= 4 is 0 Å². The van der Waals surface area contributed by atoms with Gasteiger partial charge in [-0.05, 0) is 36.1 Å². The summed E-state index contributed by atoms with van der Waals surface area (Å²) in [5, 5.41) is 0. The first-order valence-electron chi connectivity index (χ1n) is 7.26. The summed E-state index contributed by atoms with van der Waals surface area (Å²) in [5.74, 6) is 2.44. The van der Waals surface area contributed by atoms with Crippen molar-refractivity contribution in [2.24, 2.45) is 0 Å². The van der Waals surface area contributed by atoms with Gasteiger partial charge in [0.1, 0.15) is 18.1 Å². The highest BCUT2D eigenvalue weighted by molar-refractivity contribution is 5.39. The smallest absolute Gasteiger partial charge is 0.161 e. The number of hydrogen-bond donors (Lipinski definition) is 0. The fourth-order valence-electron chi connectivity index (χ4n) is 2.51. The second-order valence-corrected chi connectivity index (χ2v) is 5.33. The minimum Gasteiger partial charge on any atom is -0.489 e. The fraction of sp³-hybridized carbons (Fsp3) is 0.333. The highest BCUT2D eigenvalue weighted by atomic mass is 16.5. The molecule has 0 fully saturated rings. The molecule has 0 aliphatic carbocycles. The summed E-state index contributed by atoms with van der Waals surface area (Å²) >= 11 is 0. The van der Waals surface area contributed by atoms with Gasteiger partial charge in [0.05, 0.1) is 0 Å². The Morgan fingerprint density at radius 3 is 2.65 bits per heavy atom. The van der Waals surface area contributed by atoms with Crippen molar-refractivity contribution in [1.82, 2.24) is 0 Å². The van der Waals surface area contributed by atoms with Crippen LogP contribution in [0.3, 0.4) is 0 Å². The Morgan fingerprint density at radius 2 is 1.90 bits per heavy atom. The molecule has 2 unspecified atom stereocenters. The summed E-state index contributed by atoms with van der Waals surface area (Å²) in [4.78, 5) is 0. The minimum absolute atomic E-state index is 0.000601. The molecule has 0 saturated heterocycles. The molecule has 2 aromatic carbocycles. The van der Waals surface area contributed by atoms with Gasteiger partial charge in [-0.25, -0.2) is 0 Å². The summed E-state index contributed by atoms with van der Waals surface area (Å²) in [5.41, 5.74) is 2.50. The van der Waals surface area contributed by atoms with Gasteiger partial charge in [-0.2, -0.15) is 0 Å². The van der Waals surface area contributed by atoms with Crippen molar-refractivity contribution < 1.29 is 9.47 Å². The van der Waals surface area contributed by atoms with E-state index in [2.05, 4.69) is 44.2 Å². The minimum atomic E-state index is 0.000601. The maximum atomic E-state index is 6.05. The quantitative estimate of drug-likeness (QED) is 0.799. The van der Waals surface area contributed by atoms with Crippen LogP contribution in [0.4, 0.5) is 0 Å². The third-order valence-electron chi connectivity index (χ3n) is 4.00. The van der Waals surface area contributed by atoms with Crippen LogP contribution in [0.1, 0.15) is 43.4 Å². The topological polar surface area (TPSA) is 18.5 Å². The number of para-hydroxylation sites is 1. The second-order valence-electron chi connectivity index (χ2n) is 5.33.